The van der Waals surface area contributed by atoms with Crippen LogP contribution in [-0.2, 0) is 38.2 Å². The van der Waals surface area contributed by atoms with Gasteiger partial charge in [-0.1, -0.05) is 52.2 Å². The van der Waals surface area contributed by atoms with Gasteiger partial charge in [0.15, 0.2) is 11.6 Å². The minimum atomic E-state index is -1.25. The SMILES string of the molecule is COC(=O)C=C1CCC2C(C1C)C(O)C(=O)C1C(C)C(OC(=O)C=C3CCC4C(C3C)C(O)C(=O)C3C(C)(C(=O)OC)CCCC43C)CCC21C. The van der Waals surface area contributed by atoms with Gasteiger partial charge in [0, 0.05) is 41.7 Å². The Balaban J connectivity index is 1.17. The minimum Gasteiger partial charge on any atom is -0.469 e. The second kappa shape index (κ2) is 13.5. The molecule has 6 rings (SSSR count). The Morgan fingerprint density at radius 2 is 1.27 bits per heavy atom. The normalized spacial score (nSPS) is 48.1. The van der Waals surface area contributed by atoms with Crippen LogP contribution in [0.1, 0.15) is 99.3 Å². The predicted octanol–water partition coefficient (Wildman–Crippen LogP) is 5.17. The molecule has 0 aromatic heterocycles. The van der Waals surface area contributed by atoms with E-state index in [0.717, 1.165) is 30.4 Å². The van der Waals surface area contributed by atoms with Crippen molar-refractivity contribution in [3.05, 3.63) is 23.3 Å². The summed E-state index contributed by atoms with van der Waals surface area (Å²) < 4.78 is 16.1. The van der Waals surface area contributed by atoms with Crippen molar-refractivity contribution in [3.8, 4) is 0 Å². The molecule has 6 aliphatic rings. The van der Waals surface area contributed by atoms with E-state index >= 15 is 0 Å². The van der Waals surface area contributed by atoms with Crippen LogP contribution in [0, 0.1) is 69.5 Å². The zero-order valence-corrected chi connectivity index (χ0v) is 31.6. The summed E-state index contributed by atoms with van der Waals surface area (Å²) in [6, 6.07) is 0. The van der Waals surface area contributed by atoms with Crippen LogP contribution in [-0.4, -0.2) is 72.2 Å². The van der Waals surface area contributed by atoms with Gasteiger partial charge in [0.2, 0.25) is 0 Å². The topological polar surface area (TPSA) is 154 Å². The van der Waals surface area contributed by atoms with Gasteiger partial charge >= 0.3 is 17.9 Å². The lowest BCUT2D eigenvalue weighted by molar-refractivity contribution is -0.193. The third kappa shape index (κ3) is 5.76. The summed E-state index contributed by atoms with van der Waals surface area (Å²) in [6.07, 6.45) is 6.30. The van der Waals surface area contributed by atoms with Gasteiger partial charge in [-0.15, -0.1) is 0 Å². The first-order valence-corrected chi connectivity index (χ1v) is 19.2. The molecule has 2 N–H and O–H groups in total. The van der Waals surface area contributed by atoms with E-state index in [4.69, 9.17) is 14.2 Å². The van der Waals surface area contributed by atoms with Gasteiger partial charge in [-0.25, -0.2) is 9.59 Å². The summed E-state index contributed by atoms with van der Waals surface area (Å²) >= 11 is 0. The van der Waals surface area contributed by atoms with Gasteiger partial charge in [-0.05, 0) is 92.8 Å². The van der Waals surface area contributed by atoms with Gasteiger partial charge in [0.25, 0.3) is 0 Å². The predicted molar refractivity (Wildman–Crippen MR) is 186 cm³/mol. The number of carbonyl (C=O) groups excluding carboxylic acids is 5. The maximum Gasteiger partial charge on any atom is 0.330 e. The number of ketones is 2. The zero-order chi connectivity index (χ0) is 37.4. The van der Waals surface area contributed by atoms with Crippen molar-refractivity contribution in [3.63, 3.8) is 0 Å². The minimum absolute atomic E-state index is 0.000745. The summed E-state index contributed by atoms with van der Waals surface area (Å²) in [7, 11) is 2.69. The molecule has 0 radical (unpaired) electrons. The highest BCUT2D eigenvalue weighted by Gasteiger charge is 2.66. The Labute approximate surface area is 302 Å². The number of aliphatic hydroxyl groups excluding tert-OH is 2. The number of methoxy groups -OCH3 is 2. The lowest BCUT2D eigenvalue weighted by atomic mass is 9.42. The molecule has 0 aliphatic heterocycles. The Kier molecular flexibility index (Phi) is 10.1. The van der Waals surface area contributed by atoms with Crippen molar-refractivity contribution in [1.29, 1.82) is 0 Å². The number of esters is 3. The van der Waals surface area contributed by atoms with Gasteiger partial charge < -0.3 is 24.4 Å². The van der Waals surface area contributed by atoms with Gasteiger partial charge in [0.1, 0.15) is 18.3 Å². The molecular formula is C41H58O10. The number of ether oxygens (including phenoxy) is 3. The van der Waals surface area contributed by atoms with E-state index in [-0.39, 0.29) is 58.4 Å². The van der Waals surface area contributed by atoms with Crippen molar-refractivity contribution in [2.75, 3.05) is 14.2 Å². The van der Waals surface area contributed by atoms with Crippen LogP contribution in [0.15, 0.2) is 23.3 Å². The summed E-state index contributed by atoms with van der Waals surface area (Å²) in [5, 5.41) is 23.0. The van der Waals surface area contributed by atoms with Crippen LogP contribution in [0.25, 0.3) is 0 Å². The number of hydrogen-bond donors (Lipinski definition) is 2. The Bertz CT molecular complexity index is 1530. The molecule has 51 heavy (non-hydrogen) atoms. The van der Waals surface area contributed by atoms with Gasteiger partial charge in [0.05, 0.1) is 19.6 Å². The number of allylic oxidation sites excluding steroid dienone is 2. The standard InChI is InChI=1S/C41H58O10/c1-20-23(18-28(42)49-7)10-12-25-30(20)33(44)35(46)32-22(3)27(14-17-39(25,32)4)51-29(43)19-24-11-13-26-31(21(24)2)34(45)36(47)37-40(26,5)15-9-16-41(37,6)38(48)50-8/h18-22,25-27,30-34,37,44-45H,9-17H2,1-8H3. The van der Waals surface area contributed by atoms with Crippen molar-refractivity contribution in [2.45, 2.75) is 118 Å². The van der Waals surface area contributed by atoms with Crippen molar-refractivity contribution >= 4 is 29.5 Å². The first-order valence-electron chi connectivity index (χ1n) is 19.2. The summed E-state index contributed by atoms with van der Waals surface area (Å²) in [5.41, 5.74) is -0.0919. The molecule has 6 fully saturated rings. The summed E-state index contributed by atoms with van der Waals surface area (Å²) in [6.45, 7) is 12.0. The zero-order valence-electron chi connectivity index (χ0n) is 31.6. The fourth-order valence-corrected chi connectivity index (χ4v) is 13.1. The van der Waals surface area contributed by atoms with E-state index in [1.807, 2.05) is 27.7 Å². The number of aliphatic hydroxyl groups is 2. The van der Waals surface area contributed by atoms with E-state index in [9.17, 15) is 34.2 Å². The second-order valence-electron chi connectivity index (χ2n) is 17.7. The molecule has 282 valence electrons. The number of rotatable bonds is 4. The van der Waals surface area contributed by atoms with Crippen molar-refractivity contribution < 1.29 is 48.4 Å². The summed E-state index contributed by atoms with van der Waals surface area (Å²) in [4.78, 5) is 66.6. The molecule has 15 atom stereocenters. The molecule has 0 bridgehead atoms. The van der Waals surface area contributed by atoms with E-state index in [2.05, 4.69) is 13.8 Å². The molecular weight excluding hydrogens is 652 g/mol. The molecule has 10 nitrogen and oxygen atoms in total. The molecule has 10 heteroatoms. The lowest BCUT2D eigenvalue weighted by Gasteiger charge is -2.61. The summed E-state index contributed by atoms with van der Waals surface area (Å²) in [5.74, 6) is -4.20. The van der Waals surface area contributed by atoms with Gasteiger partial charge in [-0.2, -0.15) is 0 Å². The van der Waals surface area contributed by atoms with Crippen LogP contribution in [0.2, 0.25) is 0 Å². The van der Waals surface area contributed by atoms with Gasteiger partial charge in [-0.3, -0.25) is 14.4 Å². The molecule has 6 saturated carbocycles. The number of fused-ring (bicyclic) bond motifs is 6. The molecule has 0 aromatic rings. The third-order valence-electron chi connectivity index (χ3n) is 15.6. The molecule has 15 unspecified atom stereocenters. The number of Topliss-reactive ketones (excluding diaryl/α,β-unsaturated/α-hetero) is 2. The Morgan fingerprint density at radius 1 is 0.725 bits per heavy atom. The molecule has 0 spiro atoms. The largest absolute Gasteiger partial charge is 0.469 e. The molecule has 0 aromatic carbocycles. The van der Waals surface area contributed by atoms with E-state index < -0.39 is 58.9 Å². The van der Waals surface area contributed by atoms with Crippen LogP contribution in [0.5, 0.6) is 0 Å². The lowest BCUT2D eigenvalue weighted by Crippen LogP contribution is -2.65. The highest BCUT2D eigenvalue weighted by Crippen LogP contribution is 2.65. The monoisotopic (exact) mass is 710 g/mol. The van der Waals surface area contributed by atoms with Crippen LogP contribution in [0.3, 0.4) is 0 Å². The van der Waals surface area contributed by atoms with Crippen molar-refractivity contribution in [2.24, 2.45) is 69.5 Å². The van der Waals surface area contributed by atoms with Crippen LogP contribution in [0.4, 0.5) is 0 Å². The molecule has 0 amide bonds. The fraction of sp³-hybridized carbons (Fsp3) is 0.780. The smallest absolute Gasteiger partial charge is 0.330 e. The van der Waals surface area contributed by atoms with E-state index in [1.165, 1.54) is 26.4 Å². The first kappa shape index (κ1) is 37.9. The van der Waals surface area contributed by atoms with Crippen LogP contribution < -0.4 is 0 Å². The molecule has 0 heterocycles. The fourth-order valence-electron chi connectivity index (χ4n) is 13.1. The Morgan fingerprint density at radius 3 is 1.84 bits per heavy atom. The molecule has 0 saturated heterocycles. The Hall–Kier alpha value is -2.85. The number of carbonyl (C=O) groups is 5. The third-order valence-corrected chi connectivity index (χ3v) is 15.6. The maximum absolute atomic E-state index is 14.0. The molecule has 6 aliphatic carbocycles. The van der Waals surface area contributed by atoms with E-state index in [0.29, 0.717) is 38.5 Å². The highest BCUT2D eigenvalue weighted by molar-refractivity contribution is 5.94. The number of hydrogen-bond acceptors (Lipinski definition) is 10. The average Bonchev–Trinajstić information content (AvgIpc) is 3.08. The second-order valence-corrected chi connectivity index (χ2v) is 17.7. The highest BCUT2D eigenvalue weighted by atomic mass is 16.5. The first-order chi connectivity index (χ1) is 24.0. The average molecular weight is 711 g/mol. The van der Waals surface area contributed by atoms with Crippen LogP contribution >= 0.6 is 0 Å². The maximum atomic E-state index is 14.0. The quantitative estimate of drug-likeness (QED) is 0.227. The van der Waals surface area contributed by atoms with Crippen molar-refractivity contribution in [1.82, 2.24) is 0 Å². The van der Waals surface area contributed by atoms with E-state index in [1.54, 1.807) is 0 Å².